The molecule has 1 aliphatic heterocycles. The zero-order valence-corrected chi connectivity index (χ0v) is 16.3. The highest BCUT2D eigenvalue weighted by molar-refractivity contribution is 7.92. The number of benzene rings is 1. The second-order valence-electron chi connectivity index (χ2n) is 6.59. The van der Waals surface area contributed by atoms with Gasteiger partial charge in [0.25, 0.3) is 10.0 Å². The van der Waals surface area contributed by atoms with E-state index in [0.29, 0.717) is 11.5 Å². The average molecular weight is 388 g/mol. The van der Waals surface area contributed by atoms with E-state index in [1.165, 1.54) is 17.2 Å². The molecule has 0 aliphatic carbocycles. The number of nitrogens with zero attached hydrogens (tertiary/aromatic N) is 2. The number of aromatic nitrogens is 1. The standard InChI is InChI=1S/C19H24N4O3S/c1-3-4-5-10-20-18-9-6-15(13-21-18)22-27(25,26)16-7-8-17-14(11-16)12-19(24)23(17)2/h6-9,11,13,22H,3-5,10,12H2,1-2H3,(H,20,21). The van der Waals surface area contributed by atoms with Crippen LogP contribution in [0, 0.1) is 0 Å². The van der Waals surface area contributed by atoms with Crippen molar-refractivity contribution in [3.63, 3.8) is 0 Å². The first kappa shape index (κ1) is 19.2. The van der Waals surface area contributed by atoms with Crippen molar-refractivity contribution in [3.8, 4) is 0 Å². The van der Waals surface area contributed by atoms with Crippen LogP contribution in [0.15, 0.2) is 41.4 Å². The van der Waals surface area contributed by atoms with E-state index in [9.17, 15) is 13.2 Å². The Hall–Kier alpha value is -2.61. The average Bonchev–Trinajstić information content (AvgIpc) is 2.93. The van der Waals surface area contributed by atoms with Gasteiger partial charge in [-0.25, -0.2) is 13.4 Å². The van der Waals surface area contributed by atoms with E-state index in [1.807, 2.05) is 0 Å². The van der Waals surface area contributed by atoms with E-state index in [2.05, 4.69) is 21.9 Å². The molecular weight excluding hydrogens is 364 g/mol. The van der Waals surface area contributed by atoms with Gasteiger partial charge in [-0.1, -0.05) is 19.8 Å². The van der Waals surface area contributed by atoms with Crippen molar-refractivity contribution in [3.05, 3.63) is 42.1 Å². The number of pyridine rings is 1. The summed E-state index contributed by atoms with van der Waals surface area (Å²) in [5, 5.41) is 3.21. The van der Waals surface area contributed by atoms with Crippen molar-refractivity contribution in [1.82, 2.24) is 4.98 Å². The molecule has 1 aromatic heterocycles. The van der Waals surface area contributed by atoms with E-state index in [4.69, 9.17) is 0 Å². The molecule has 1 aromatic carbocycles. The fourth-order valence-electron chi connectivity index (χ4n) is 2.98. The fraction of sp³-hybridized carbons (Fsp3) is 0.368. The Morgan fingerprint density at radius 3 is 2.70 bits per heavy atom. The van der Waals surface area contributed by atoms with Crippen LogP contribution in [-0.4, -0.2) is 32.9 Å². The lowest BCUT2D eigenvalue weighted by molar-refractivity contribution is -0.117. The molecule has 0 saturated heterocycles. The van der Waals surface area contributed by atoms with E-state index >= 15 is 0 Å². The number of nitrogens with one attached hydrogen (secondary N) is 2. The summed E-state index contributed by atoms with van der Waals surface area (Å²) in [6.45, 7) is 2.99. The third-order valence-electron chi connectivity index (χ3n) is 4.54. The van der Waals surface area contributed by atoms with Gasteiger partial charge in [0.15, 0.2) is 0 Å². The number of carbonyl (C=O) groups is 1. The van der Waals surface area contributed by atoms with Crippen molar-refractivity contribution in [2.45, 2.75) is 37.5 Å². The highest BCUT2D eigenvalue weighted by Crippen LogP contribution is 2.30. The molecule has 0 atom stereocenters. The van der Waals surface area contributed by atoms with Crippen LogP contribution in [0.4, 0.5) is 17.2 Å². The van der Waals surface area contributed by atoms with E-state index < -0.39 is 10.0 Å². The van der Waals surface area contributed by atoms with Gasteiger partial charge in [-0.15, -0.1) is 0 Å². The molecule has 2 aromatic rings. The lowest BCUT2D eigenvalue weighted by atomic mass is 10.2. The Morgan fingerprint density at radius 1 is 1.19 bits per heavy atom. The monoisotopic (exact) mass is 388 g/mol. The molecule has 0 saturated carbocycles. The topological polar surface area (TPSA) is 91.4 Å². The third kappa shape index (κ3) is 4.39. The third-order valence-corrected chi connectivity index (χ3v) is 5.92. The number of fused-ring (bicyclic) bond motifs is 1. The van der Waals surface area contributed by atoms with Crippen LogP contribution in [0.25, 0.3) is 0 Å². The summed E-state index contributed by atoms with van der Waals surface area (Å²) in [4.78, 5) is 17.7. The van der Waals surface area contributed by atoms with Crippen LogP contribution in [0.5, 0.6) is 0 Å². The van der Waals surface area contributed by atoms with E-state index in [0.717, 1.165) is 37.1 Å². The zero-order valence-electron chi connectivity index (χ0n) is 15.5. The molecule has 1 aliphatic rings. The van der Waals surface area contributed by atoms with Gasteiger partial charge in [0.2, 0.25) is 5.91 Å². The molecule has 27 heavy (non-hydrogen) atoms. The molecule has 8 heteroatoms. The minimum Gasteiger partial charge on any atom is -0.370 e. The molecule has 3 rings (SSSR count). The summed E-state index contributed by atoms with van der Waals surface area (Å²) in [6.07, 6.45) is 5.10. The van der Waals surface area contributed by atoms with Crippen molar-refractivity contribution in [1.29, 1.82) is 0 Å². The highest BCUT2D eigenvalue weighted by atomic mass is 32.2. The summed E-state index contributed by atoms with van der Waals surface area (Å²) in [6, 6.07) is 8.15. The van der Waals surface area contributed by atoms with Crippen LogP contribution >= 0.6 is 0 Å². The van der Waals surface area contributed by atoms with Gasteiger partial charge >= 0.3 is 0 Å². The molecule has 7 nitrogen and oxygen atoms in total. The first-order chi connectivity index (χ1) is 12.9. The summed E-state index contributed by atoms with van der Waals surface area (Å²) in [5.74, 6) is 0.673. The number of rotatable bonds is 8. The lowest BCUT2D eigenvalue weighted by Gasteiger charge is -2.12. The van der Waals surface area contributed by atoms with Gasteiger partial charge in [-0.2, -0.15) is 0 Å². The Balaban J connectivity index is 1.68. The molecule has 144 valence electrons. The molecule has 0 fully saturated rings. The molecule has 0 spiro atoms. The SMILES string of the molecule is CCCCCNc1ccc(NS(=O)(=O)c2ccc3c(c2)CC(=O)N3C)cn1. The summed E-state index contributed by atoms with van der Waals surface area (Å²) in [7, 11) is -2.06. The van der Waals surface area contributed by atoms with Crippen LogP contribution in [-0.2, 0) is 21.2 Å². The number of likely N-dealkylation sites (N-methyl/N-ethyl adjacent to an activating group) is 1. The molecule has 2 N–H and O–H groups in total. The van der Waals surface area contributed by atoms with Crippen molar-refractivity contribution < 1.29 is 13.2 Å². The van der Waals surface area contributed by atoms with Gasteiger partial charge in [-0.3, -0.25) is 9.52 Å². The molecule has 0 bridgehead atoms. The number of sulfonamides is 1. The van der Waals surface area contributed by atoms with Crippen LogP contribution in [0.2, 0.25) is 0 Å². The van der Waals surface area contributed by atoms with E-state index in [1.54, 1.807) is 31.3 Å². The quantitative estimate of drug-likeness (QED) is 0.679. The Labute approximate surface area is 159 Å². The summed E-state index contributed by atoms with van der Waals surface area (Å²) in [5.41, 5.74) is 1.86. The maximum absolute atomic E-state index is 12.6. The van der Waals surface area contributed by atoms with Gasteiger partial charge in [0, 0.05) is 19.3 Å². The second-order valence-corrected chi connectivity index (χ2v) is 8.27. The minimum absolute atomic E-state index is 0.0428. The molecule has 0 radical (unpaired) electrons. The van der Waals surface area contributed by atoms with Crippen LogP contribution in [0.1, 0.15) is 31.7 Å². The van der Waals surface area contributed by atoms with Crippen molar-refractivity contribution >= 4 is 33.1 Å². The second kappa shape index (κ2) is 7.96. The molecule has 2 heterocycles. The largest absolute Gasteiger partial charge is 0.370 e. The van der Waals surface area contributed by atoms with Crippen molar-refractivity contribution in [2.24, 2.45) is 0 Å². The number of amides is 1. The normalized spacial score (nSPS) is 13.6. The predicted molar refractivity (Wildman–Crippen MR) is 107 cm³/mol. The van der Waals surface area contributed by atoms with Gasteiger partial charge in [0.05, 0.1) is 23.2 Å². The summed E-state index contributed by atoms with van der Waals surface area (Å²) < 4.78 is 27.8. The van der Waals surface area contributed by atoms with Gasteiger partial charge in [0.1, 0.15) is 5.82 Å². The maximum atomic E-state index is 12.6. The summed E-state index contributed by atoms with van der Waals surface area (Å²) >= 11 is 0. The van der Waals surface area contributed by atoms with Crippen LogP contribution in [0.3, 0.4) is 0 Å². The first-order valence-electron chi connectivity index (χ1n) is 9.03. The number of anilines is 3. The number of carbonyl (C=O) groups excluding carboxylic acids is 1. The number of hydrogen-bond donors (Lipinski definition) is 2. The Bertz CT molecular complexity index is 926. The Morgan fingerprint density at radius 2 is 2.00 bits per heavy atom. The molecule has 1 amide bonds. The predicted octanol–water partition coefficient (Wildman–Crippen LogP) is 3.00. The number of hydrogen-bond acceptors (Lipinski definition) is 5. The first-order valence-corrected chi connectivity index (χ1v) is 10.5. The maximum Gasteiger partial charge on any atom is 0.261 e. The molecule has 0 unspecified atom stereocenters. The number of unbranched alkanes of at least 4 members (excludes halogenated alkanes) is 2. The van der Waals surface area contributed by atoms with Gasteiger partial charge in [-0.05, 0) is 42.3 Å². The Kier molecular flexibility index (Phi) is 5.65. The fourth-order valence-corrected chi connectivity index (χ4v) is 4.07. The molecular formula is C19H24N4O3S. The zero-order chi connectivity index (χ0) is 19.4. The van der Waals surface area contributed by atoms with Gasteiger partial charge < -0.3 is 10.2 Å². The van der Waals surface area contributed by atoms with E-state index in [-0.39, 0.29) is 17.2 Å². The highest BCUT2D eigenvalue weighted by Gasteiger charge is 2.26. The lowest BCUT2D eigenvalue weighted by Crippen LogP contribution is -2.20. The van der Waals surface area contributed by atoms with Crippen molar-refractivity contribution in [2.75, 3.05) is 28.5 Å². The minimum atomic E-state index is -3.75. The smallest absolute Gasteiger partial charge is 0.261 e. The van der Waals surface area contributed by atoms with Crippen LogP contribution < -0.4 is 14.9 Å².